The highest BCUT2D eigenvalue weighted by Gasteiger charge is 2.17. The molecule has 0 aliphatic carbocycles. The third-order valence-corrected chi connectivity index (χ3v) is 4.62. The van der Waals surface area contributed by atoms with Gasteiger partial charge in [0.15, 0.2) is 5.65 Å². The van der Waals surface area contributed by atoms with Crippen molar-refractivity contribution < 1.29 is 0 Å². The van der Waals surface area contributed by atoms with Gasteiger partial charge in [-0.1, -0.05) is 60.7 Å². The van der Waals surface area contributed by atoms with Crippen LogP contribution in [-0.2, 0) is 0 Å². The van der Waals surface area contributed by atoms with Crippen LogP contribution in [0.4, 0.5) is 5.82 Å². The molecule has 2 aromatic carbocycles. The van der Waals surface area contributed by atoms with E-state index < -0.39 is 0 Å². The number of nitrogens with zero attached hydrogens (tertiary/aromatic N) is 3. The second-order valence-electron chi connectivity index (χ2n) is 6.62. The minimum Gasteiger partial charge on any atom is -0.363 e. The molecule has 0 spiro atoms. The van der Waals surface area contributed by atoms with E-state index in [2.05, 4.69) is 48.6 Å². The summed E-state index contributed by atoms with van der Waals surface area (Å²) in [7, 11) is 0. The monoisotopic (exact) mass is 342 g/mol. The van der Waals surface area contributed by atoms with E-state index in [-0.39, 0.29) is 6.04 Å². The Balaban J connectivity index is 1.82. The molecular formula is C22H22N4. The first-order valence-electron chi connectivity index (χ1n) is 8.87. The normalized spacial score (nSPS) is 12.3. The third-order valence-electron chi connectivity index (χ3n) is 4.62. The van der Waals surface area contributed by atoms with Crippen molar-refractivity contribution in [3.8, 4) is 11.1 Å². The summed E-state index contributed by atoms with van der Waals surface area (Å²) in [4.78, 5) is 4.77. The maximum atomic E-state index is 4.77. The van der Waals surface area contributed by atoms with Gasteiger partial charge < -0.3 is 5.32 Å². The molecular weight excluding hydrogens is 320 g/mol. The molecule has 0 amide bonds. The van der Waals surface area contributed by atoms with Crippen LogP contribution in [0.1, 0.15) is 29.9 Å². The molecule has 2 aromatic heterocycles. The molecule has 1 atom stereocenters. The average molecular weight is 342 g/mol. The van der Waals surface area contributed by atoms with Crippen LogP contribution in [0.15, 0.2) is 66.7 Å². The molecule has 1 N–H and O–H groups in total. The van der Waals surface area contributed by atoms with E-state index >= 15 is 0 Å². The lowest BCUT2D eigenvalue weighted by Crippen LogP contribution is -2.11. The van der Waals surface area contributed by atoms with Gasteiger partial charge in [0, 0.05) is 23.4 Å². The Morgan fingerprint density at radius 2 is 1.58 bits per heavy atom. The van der Waals surface area contributed by atoms with Gasteiger partial charge in [-0.2, -0.15) is 9.61 Å². The lowest BCUT2D eigenvalue weighted by Gasteiger charge is -2.17. The number of hydrogen-bond acceptors (Lipinski definition) is 3. The fourth-order valence-electron chi connectivity index (χ4n) is 3.34. The van der Waals surface area contributed by atoms with Crippen molar-refractivity contribution >= 4 is 11.5 Å². The molecule has 4 aromatic rings. The zero-order valence-electron chi connectivity index (χ0n) is 15.3. The standard InChI is InChI=1S/C22H22N4/c1-15-14-20(24-16(2)18-10-6-4-7-11-18)26-22(23-15)21(17(3)25-26)19-12-8-5-9-13-19/h4-14,16,24H,1-3H3. The van der Waals surface area contributed by atoms with Crippen molar-refractivity contribution in [3.63, 3.8) is 0 Å². The fraction of sp³-hybridized carbons (Fsp3) is 0.182. The minimum atomic E-state index is 0.172. The Labute approximate surface area is 153 Å². The van der Waals surface area contributed by atoms with Gasteiger partial charge in [0.25, 0.3) is 0 Å². The van der Waals surface area contributed by atoms with Crippen LogP contribution in [0, 0.1) is 13.8 Å². The molecule has 1 unspecified atom stereocenters. The number of hydrogen-bond donors (Lipinski definition) is 1. The van der Waals surface area contributed by atoms with Gasteiger partial charge in [-0.05, 0) is 31.9 Å². The van der Waals surface area contributed by atoms with E-state index in [4.69, 9.17) is 10.1 Å². The van der Waals surface area contributed by atoms with Crippen molar-refractivity contribution in [3.05, 3.63) is 83.7 Å². The number of benzene rings is 2. The predicted molar refractivity (Wildman–Crippen MR) is 106 cm³/mol. The van der Waals surface area contributed by atoms with Crippen LogP contribution in [0.3, 0.4) is 0 Å². The van der Waals surface area contributed by atoms with Gasteiger partial charge >= 0.3 is 0 Å². The quantitative estimate of drug-likeness (QED) is 0.555. The molecule has 0 aliphatic heterocycles. The van der Waals surface area contributed by atoms with E-state index in [1.54, 1.807) is 0 Å². The number of fused-ring (bicyclic) bond motifs is 1. The highest BCUT2D eigenvalue weighted by molar-refractivity contribution is 5.80. The van der Waals surface area contributed by atoms with Crippen molar-refractivity contribution in [1.29, 1.82) is 0 Å². The Morgan fingerprint density at radius 1 is 0.923 bits per heavy atom. The third kappa shape index (κ3) is 2.94. The molecule has 0 saturated heterocycles. The summed E-state index contributed by atoms with van der Waals surface area (Å²) in [6.45, 7) is 6.22. The molecule has 26 heavy (non-hydrogen) atoms. The maximum Gasteiger partial charge on any atom is 0.165 e. The molecule has 0 bridgehead atoms. The second-order valence-corrected chi connectivity index (χ2v) is 6.62. The zero-order chi connectivity index (χ0) is 18.1. The molecule has 4 rings (SSSR count). The molecule has 0 saturated carbocycles. The first-order valence-corrected chi connectivity index (χ1v) is 8.87. The zero-order valence-corrected chi connectivity index (χ0v) is 15.3. The van der Waals surface area contributed by atoms with Gasteiger partial charge in [-0.25, -0.2) is 4.98 Å². The summed E-state index contributed by atoms with van der Waals surface area (Å²) in [5.41, 5.74) is 6.30. The summed E-state index contributed by atoms with van der Waals surface area (Å²) in [6.07, 6.45) is 0. The van der Waals surface area contributed by atoms with Gasteiger partial charge in [0.2, 0.25) is 0 Å². The van der Waals surface area contributed by atoms with Crippen molar-refractivity contribution in [2.45, 2.75) is 26.8 Å². The molecule has 4 nitrogen and oxygen atoms in total. The SMILES string of the molecule is Cc1cc(NC(C)c2ccccc2)n2nc(C)c(-c3ccccc3)c2n1. The van der Waals surface area contributed by atoms with Crippen LogP contribution in [0.25, 0.3) is 16.8 Å². The van der Waals surface area contributed by atoms with Crippen LogP contribution in [0.5, 0.6) is 0 Å². The minimum absolute atomic E-state index is 0.172. The molecule has 0 radical (unpaired) electrons. The predicted octanol–water partition coefficient (Wildman–Crippen LogP) is 5.19. The first kappa shape index (κ1) is 16.3. The average Bonchev–Trinajstić information content (AvgIpc) is 2.99. The number of rotatable bonds is 4. The van der Waals surface area contributed by atoms with E-state index in [9.17, 15) is 0 Å². The Bertz CT molecular complexity index is 1040. The van der Waals surface area contributed by atoms with Gasteiger partial charge in [-0.15, -0.1) is 0 Å². The topological polar surface area (TPSA) is 42.2 Å². The summed E-state index contributed by atoms with van der Waals surface area (Å²) < 4.78 is 1.92. The van der Waals surface area contributed by atoms with Crippen LogP contribution < -0.4 is 5.32 Å². The number of aromatic nitrogens is 3. The molecule has 130 valence electrons. The molecule has 4 heteroatoms. The lowest BCUT2D eigenvalue weighted by atomic mass is 10.1. The number of anilines is 1. The second kappa shape index (κ2) is 6.64. The van der Waals surface area contributed by atoms with Crippen molar-refractivity contribution in [1.82, 2.24) is 14.6 Å². The van der Waals surface area contributed by atoms with E-state index in [0.717, 1.165) is 34.0 Å². The summed E-state index contributed by atoms with van der Waals surface area (Å²) in [5, 5.41) is 8.36. The first-order chi connectivity index (χ1) is 12.6. The number of aryl methyl sites for hydroxylation is 2. The van der Waals surface area contributed by atoms with Crippen LogP contribution in [-0.4, -0.2) is 14.6 Å². The molecule has 2 heterocycles. The largest absolute Gasteiger partial charge is 0.363 e. The smallest absolute Gasteiger partial charge is 0.165 e. The highest BCUT2D eigenvalue weighted by Crippen LogP contribution is 2.30. The van der Waals surface area contributed by atoms with E-state index in [0.29, 0.717) is 0 Å². The Hall–Kier alpha value is -3.14. The van der Waals surface area contributed by atoms with Crippen LogP contribution in [0.2, 0.25) is 0 Å². The van der Waals surface area contributed by atoms with Gasteiger partial charge in [-0.3, -0.25) is 0 Å². The lowest BCUT2D eigenvalue weighted by molar-refractivity contribution is 0.833. The Kier molecular flexibility index (Phi) is 4.17. The van der Waals surface area contributed by atoms with Gasteiger partial charge in [0.1, 0.15) is 5.82 Å². The Morgan fingerprint density at radius 3 is 2.27 bits per heavy atom. The molecule has 0 fully saturated rings. The summed E-state index contributed by atoms with van der Waals surface area (Å²) >= 11 is 0. The fourth-order valence-corrected chi connectivity index (χ4v) is 3.34. The van der Waals surface area contributed by atoms with Gasteiger partial charge in [0.05, 0.1) is 5.69 Å². The summed E-state index contributed by atoms with van der Waals surface area (Å²) in [5.74, 6) is 0.953. The number of nitrogens with one attached hydrogen (secondary N) is 1. The van der Waals surface area contributed by atoms with E-state index in [1.807, 2.05) is 48.7 Å². The van der Waals surface area contributed by atoms with Crippen molar-refractivity contribution in [2.24, 2.45) is 0 Å². The van der Waals surface area contributed by atoms with Crippen LogP contribution >= 0.6 is 0 Å². The highest BCUT2D eigenvalue weighted by atomic mass is 15.3. The molecule has 0 aliphatic rings. The summed E-state index contributed by atoms with van der Waals surface area (Å²) in [6, 6.07) is 23.0. The van der Waals surface area contributed by atoms with Crippen molar-refractivity contribution in [2.75, 3.05) is 5.32 Å². The van der Waals surface area contributed by atoms with E-state index in [1.165, 1.54) is 5.56 Å². The maximum absolute atomic E-state index is 4.77.